The van der Waals surface area contributed by atoms with E-state index in [1.54, 1.807) is 0 Å². The lowest BCUT2D eigenvalue weighted by Crippen LogP contribution is -2.37. The SMILES string of the molecule is Cc1cc(Cl)ccc1CNC(C)CN1CCCC1. The monoisotopic (exact) mass is 266 g/mol. The number of hydrogen-bond donors (Lipinski definition) is 1. The van der Waals surface area contributed by atoms with Gasteiger partial charge in [0.15, 0.2) is 0 Å². The Bertz CT molecular complexity index is 386. The van der Waals surface area contributed by atoms with Crippen molar-refractivity contribution in [3.05, 3.63) is 34.3 Å². The topological polar surface area (TPSA) is 15.3 Å². The Hall–Kier alpha value is -0.570. The minimum absolute atomic E-state index is 0.540. The fraction of sp³-hybridized carbons (Fsp3) is 0.600. The van der Waals surface area contributed by atoms with Gasteiger partial charge in [0.25, 0.3) is 0 Å². The molecule has 18 heavy (non-hydrogen) atoms. The number of hydrogen-bond acceptors (Lipinski definition) is 2. The Morgan fingerprint density at radius 3 is 2.72 bits per heavy atom. The van der Waals surface area contributed by atoms with Crippen molar-refractivity contribution in [2.75, 3.05) is 19.6 Å². The first-order chi connectivity index (χ1) is 8.65. The third kappa shape index (κ3) is 3.98. The minimum Gasteiger partial charge on any atom is -0.309 e. The second-order valence-electron chi connectivity index (χ2n) is 5.36. The molecule has 1 aromatic rings. The molecule has 1 saturated heterocycles. The lowest BCUT2D eigenvalue weighted by atomic mass is 10.1. The fourth-order valence-corrected chi connectivity index (χ4v) is 2.79. The predicted octanol–water partition coefficient (Wildman–Crippen LogP) is 3.22. The fourth-order valence-electron chi connectivity index (χ4n) is 2.56. The van der Waals surface area contributed by atoms with Crippen molar-refractivity contribution in [3.8, 4) is 0 Å². The summed E-state index contributed by atoms with van der Waals surface area (Å²) in [6.07, 6.45) is 2.73. The van der Waals surface area contributed by atoms with Crippen molar-refractivity contribution < 1.29 is 0 Å². The summed E-state index contributed by atoms with van der Waals surface area (Å²) in [6.45, 7) is 9.01. The van der Waals surface area contributed by atoms with Gasteiger partial charge in [-0.2, -0.15) is 0 Å². The van der Waals surface area contributed by atoms with E-state index in [0.717, 1.165) is 18.1 Å². The molecule has 1 aliphatic heterocycles. The van der Waals surface area contributed by atoms with Crippen molar-refractivity contribution >= 4 is 11.6 Å². The maximum atomic E-state index is 5.97. The van der Waals surface area contributed by atoms with Gasteiger partial charge in [-0.05, 0) is 63.0 Å². The van der Waals surface area contributed by atoms with Gasteiger partial charge in [-0.25, -0.2) is 0 Å². The highest BCUT2D eigenvalue weighted by Gasteiger charge is 2.14. The molecule has 1 unspecified atom stereocenters. The summed E-state index contributed by atoms with van der Waals surface area (Å²) in [5.41, 5.74) is 2.61. The largest absolute Gasteiger partial charge is 0.309 e. The van der Waals surface area contributed by atoms with Gasteiger partial charge < -0.3 is 10.2 Å². The average Bonchev–Trinajstić information content (AvgIpc) is 2.80. The zero-order chi connectivity index (χ0) is 13.0. The molecule has 0 saturated carbocycles. The van der Waals surface area contributed by atoms with Crippen LogP contribution in [0.15, 0.2) is 18.2 Å². The molecule has 2 rings (SSSR count). The number of nitrogens with zero attached hydrogens (tertiary/aromatic N) is 1. The van der Waals surface area contributed by atoms with Crippen LogP contribution in [-0.4, -0.2) is 30.6 Å². The van der Waals surface area contributed by atoms with Gasteiger partial charge in [0.1, 0.15) is 0 Å². The zero-order valence-electron chi connectivity index (χ0n) is 11.4. The van der Waals surface area contributed by atoms with E-state index in [1.807, 2.05) is 12.1 Å². The summed E-state index contributed by atoms with van der Waals surface area (Å²) >= 11 is 5.97. The quantitative estimate of drug-likeness (QED) is 0.880. The van der Waals surface area contributed by atoms with Crippen LogP contribution in [-0.2, 0) is 6.54 Å². The van der Waals surface area contributed by atoms with Gasteiger partial charge in [-0.1, -0.05) is 17.7 Å². The van der Waals surface area contributed by atoms with Crippen LogP contribution < -0.4 is 5.32 Å². The molecule has 0 spiro atoms. The highest BCUT2D eigenvalue weighted by molar-refractivity contribution is 6.30. The van der Waals surface area contributed by atoms with E-state index in [0.29, 0.717) is 6.04 Å². The lowest BCUT2D eigenvalue weighted by molar-refractivity contribution is 0.298. The van der Waals surface area contributed by atoms with E-state index in [1.165, 1.54) is 37.1 Å². The van der Waals surface area contributed by atoms with E-state index in [-0.39, 0.29) is 0 Å². The number of nitrogens with one attached hydrogen (secondary N) is 1. The lowest BCUT2D eigenvalue weighted by Gasteiger charge is -2.21. The van der Waals surface area contributed by atoms with E-state index in [4.69, 9.17) is 11.6 Å². The Labute approximate surface area is 115 Å². The average molecular weight is 267 g/mol. The highest BCUT2D eigenvalue weighted by Crippen LogP contribution is 2.15. The van der Waals surface area contributed by atoms with Crippen LogP contribution in [0.3, 0.4) is 0 Å². The number of halogens is 1. The summed E-state index contributed by atoms with van der Waals surface area (Å²) in [5.74, 6) is 0. The Balaban J connectivity index is 1.79. The zero-order valence-corrected chi connectivity index (χ0v) is 12.1. The molecule has 1 fully saturated rings. The minimum atomic E-state index is 0.540. The molecular formula is C15H23ClN2. The molecule has 1 N–H and O–H groups in total. The van der Waals surface area contributed by atoms with Gasteiger partial charge in [0.05, 0.1) is 0 Å². The molecule has 2 nitrogen and oxygen atoms in total. The molecule has 1 aromatic carbocycles. The predicted molar refractivity (Wildman–Crippen MR) is 78.2 cm³/mol. The molecule has 3 heteroatoms. The van der Waals surface area contributed by atoms with Crippen molar-refractivity contribution in [1.82, 2.24) is 10.2 Å². The van der Waals surface area contributed by atoms with Crippen LogP contribution >= 0.6 is 11.6 Å². The maximum absolute atomic E-state index is 5.97. The highest BCUT2D eigenvalue weighted by atomic mass is 35.5. The summed E-state index contributed by atoms with van der Waals surface area (Å²) in [4.78, 5) is 2.55. The number of benzene rings is 1. The van der Waals surface area contributed by atoms with Crippen LogP contribution in [0.1, 0.15) is 30.9 Å². The van der Waals surface area contributed by atoms with E-state index < -0.39 is 0 Å². The molecule has 0 bridgehead atoms. The molecule has 100 valence electrons. The number of aryl methyl sites for hydroxylation is 1. The van der Waals surface area contributed by atoms with Gasteiger partial charge in [0, 0.05) is 24.2 Å². The first kappa shape index (κ1) is 13.9. The molecule has 0 amide bonds. The summed E-state index contributed by atoms with van der Waals surface area (Å²) in [7, 11) is 0. The van der Waals surface area contributed by atoms with E-state index in [9.17, 15) is 0 Å². The molecule has 1 aliphatic rings. The van der Waals surface area contributed by atoms with Crippen molar-refractivity contribution in [3.63, 3.8) is 0 Å². The molecule has 0 radical (unpaired) electrons. The Morgan fingerprint density at radius 1 is 1.33 bits per heavy atom. The van der Waals surface area contributed by atoms with E-state index >= 15 is 0 Å². The van der Waals surface area contributed by atoms with Crippen LogP contribution in [0.5, 0.6) is 0 Å². The van der Waals surface area contributed by atoms with Crippen LogP contribution in [0, 0.1) is 6.92 Å². The molecule has 0 aromatic heterocycles. The van der Waals surface area contributed by atoms with Gasteiger partial charge in [-0.15, -0.1) is 0 Å². The maximum Gasteiger partial charge on any atom is 0.0408 e. The molecular weight excluding hydrogens is 244 g/mol. The normalized spacial score (nSPS) is 18.2. The van der Waals surface area contributed by atoms with Crippen molar-refractivity contribution in [2.45, 2.75) is 39.3 Å². The molecule has 0 aliphatic carbocycles. The Morgan fingerprint density at radius 2 is 2.06 bits per heavy atom. The van der Waals surface area contributed by atoms with Crippen LogP contribution in [0.25, 0.3) is 0 Å². The van der Waals surface area contributed by atoms with Crippen molar-refractivity contribution in [2.24, 2.45) is 0 Å². The van der Waals surface area contributed by atoms with E-state index in [2.05, 4.69) is 30.1 Å². The van der Waals surface area contributed by atoms with Gasteiger partial charge in [-0.3, -0.25) is 0 Å². The first-order valence-corrected chi connectivity index (χ1v) is 7.24. The molecule has 1 atom stereocenters. The van der Waals surface area contributed by atoms with Crippen molar-refractivity contribution in [1.29, 1.82) is 0 Å². The second kappa shape index (κ2) is 6.55. The number of rotatable bonds is 5. The second-order valence-corrected chi connectivity index (χ2v) is 5.80. The number of likely N-dealkylation sites (tertiary alicyclic amines) is 1. The van der Waals surface area contributed by atoms with Crippen LogP contribution in [0.4, 0.5) is 0 Å². The summed E-state index contributed by atoms with van der Waals surface area (Å²) in [6, 6.07) is 6.66. The summed E-state index contributed by atoms with van der Waals surface area (Å²) in [5, 5.41) is 4.42. The Kier molecular flexibility index (Phi) is 5.04. The smallest absolute Gasteiger partial charge is 0.0408 e. The molecule has 1 heterocycles. The third-order valence-electron chi connectivity index (χ3n) is 3.68. The summed E-state index contributed by atoms with van der Waals surface area (Å²) < 4.78 is 0. The first-order valence-electron chi connectivity index (χ1n) is 6.86. The third-order valence-corrected chi connectivity index (χ3v) is 3.91. The standard InChI is InChI=1S/C15H23ClN2/c1-12-9-15(16)6-5-14(12)10-17-13(2)11-18-7-3-4-8-18/h5-6,9,13,17H,3-4,7-8,10-11H2,1-2H3. The van der Waals surface area contributed by atoms with Gasteiger partial charge in [0.2, 0.25) is 0 Å². The van der Waals surface area contributed by atoms with Gasteiger partial charge >= 0.3 is 0 Å². The van der Waals surface area contributed by atoms with Crippen LogP contribution in [0.2, 0.25) is 5.02 Å².